The van der Waals surface area contributed by atoms with Crippen LogP contribution < -0.4 is 10.2 Å². The van der Waals surface area contributed by atoms with Crippen molar-refractivity contribution < 1.29 is 4.39 Å². The SMILES string of the molecule is CCc1cc(N2CCCC(Nc3ncccc3F)C2)ncn1. The first-order valence-corrected chi connectivity index (χ1v) is 7.69. The van der Waals surface area contributed by atoms with Crippen molar-refractivity contribution in [3.8, 4) is 0 Å². The summed E-state index contributed by atoms with van der Waals surface area (Å²) in [6, 6.07) is 5.22. The largest absolute Gasteiger partial charge is 0.363 e. The van der Waals surface area contributed by atoms with E-state index in [1.807, 2.05) is 6.07 Å². The molecular formula is C16H20FN5. The maximum absolute atomic E-state index is 13.7. The second-order valence-corrected chi connectivity index (χ2v) is 5.48. The zero-order valence-corrected chi connectivity index (χ0v) is 12.7. The van der Waals surface area contributed by atoms with Gasteiger partial charge in [-0.3, -0.25) is 0 Å². The molecule has 2 aromatic heterocycles. The van der Waals surface area contributed by atoms with Gasteiger partial charge in [0.1, 0.15) is 12.1 Å². The molecule has 22 heavy (non-hydrogen) atoms. The van der Waals surface area contributed by atoms with Crippen LogP contribution in [0.1, 0.15) is 25.5 Å². The summed E-state index contributed by atoms with van der Waals surface area (Å²) < 4.78 is 13.7. The molecule has 2 aromatic rings. The number of nitrogens with zero attached hydrogens (tertiary/aromatic N) is 4. The van der Waals surface area contributed by atoms with Gasteiger partial charge in [-0.2, -0.15) is 0 Å². The lowest BCUT2D eigenvalue weighted by Crippen LogP contribution is -2.42. The van der Waals surface area contributed by atoms with Crippen LogP contribution in [0.15, 0.2) is 30.7 Å². The molecule has 3 heterocycles. The highest BCUT2D eigenvalue weighted by Crippen LogP contribution is 2.21. The Balaban J connectivity index is 1.70. The van der Waals surface area contributed by atoms with E-state index in [0.29, 0.717) is 5.82 Å². The van der Waals surface area contributed by atoms with Gasteiger partial charge in [0.25, 0.3) is 0 Å². The molecule has 5 nitrogen and oxygen atoms in total. The Kier molecular flexibility index (Phi) is 4.46. The van der Waals surface area contributed by atoms with Gasteiger partial charge >= 0.3 is 0 Å². The Morgan fingerprint density at radius 2 is 2.27 bits per heavy atom. The van der Waals surface area contributed by atoms with Gasteiger partial charge < -0.3 is 10.2 Å². The molecule has 0 aromatic carbocycles. The normalized spacial score (nSPS) is 18.3. The van der Waals surface area contributed by atoms with Crippen molar-refractivity contribution in [3.63, 3.8) is 0 Å². The van der Waals surface area contributed by atoms with Gasteiger partial charge in [0.15, 0.2) is 11.6 Å². The Labute approximate surface area is 129 Å². The van der Waals surface area contributed by atoms with Crippen LogP contribution in [0.4, 0.5) is 16.0 Å². The molecule has 0 amide bonds. The number of halogens is 1. The Morgan fingerprint density at radius 1 is 1.36 bits per heavy atom. The number of aryl methyl sites for hydroxylation is 1. The molecule has 116 valence electrons. The highest BCUT2D eigenvalue weighted by Gasteiger charge is 2.22. The average Bonchev–Trinajstić information content (AvgIpc) is 2.57. The molecule has 1 unspecified atom stereocenters. The molecular weight excluding hydrogens is 281 g/mol. The second-order valence-electron chi connectivity index (χ2n) is 5.48. The van der Waals surface area contributed by atoms with Gasteiger partial charge in [0, 0.05) is 37.1 Å². The number of aromatic nitrogens is 3. The predicted octanol–water partition coefficient (Wildman–Crippen LogP) is 2.65. The van der Waals surface area contributed by atoms with Crippen molar-refractivity contribution in [2.24, 2.45) is 0 Å². The molecule has 3 rings (SSSR count). The third kappa shape index (κ3) is 3.32. The second kappa shape index (κ2) is 6.68. The minimum Gasteiger partial charge on any atom is -0.363 e. The predicted molar refractivity (Wildman–Crippen MR) is 84.5 cm³/mol. The highest BCUT2D eigenvalue weighted by atomic mass is 19.1. The summed E-state index contributed by atoms with van der Waals surface area (Å²) in [7, 11) is 0. The molecule has 0 saturated carbocycles. The van der Waals surface area contributed by atoms with Crippen LogP contribution in [0.25, 0.3) is 0 Å². The maximum Gasteiger partial charge on any atom is 0.165 e. The molecule has 6 heteroatoms. The smallest absolute Gasteiger partial charge is 0.165 e. The summed E-state index contributed by atoms with van der Waals surface area (Å²) in [5.41, 5.74) is 1.04. The molecule has 0 aliphatic carbocycles. The van der Waals surface area contributed by atoms with E-state index in [-0.39, 0.29) is 11.9 Å². The van der Waals surface area contributed by atoms with E-state index in [1.165, 1.54) is 6.07 Å². The molecule has 1 N–H and O–H groups in total. The number of anilines is 2. The van der Waals surface area contributed by atoms with E-state index in [0.717, 1.165) is 43.9 Å². The minimum absolute atomic E-state index is 0.165. The van der Waals surface area contributed by atoms with Crippen LogP contribution >= 0.6 is 0 Å². The van der Waals surface area contributed by atoms with Crippen LogP contribution in [0.3, 0.4) is 0 Å². The molecule has 1 aliphatic rings. The van der Waals surface area contributed by atoms with Crippen molar-refractivity contribution in [1.82, 2.24) is 15.0 Å². The first-order chi connectivity index (χ1) is 10.8. The Morgan fingerprint density at radius 3 is 3.09 bits per heavy atom. The van der Waals surface area contributed by atoms with Gasteiger partial charge in [-0.25, -0.2) is 19.3 Å². The van der Waals surface area contributed by atoms with Gasteiger partial charge in [-0.1, -0.05) is 6.92 Å². The lowest BCUT2D eigenvalue weighted by Gasteiger charge is -2.34. The lowest BCUT2D eigenvalue weighted by molar-refractivity contribution is 0.520. The van der Waals surface area contributed by atoms with E-state index in [4.69, 9.17) is 0 Å². The molecule has 1 fully saturated rings. The highest BCUT2D eigenvalue weighted by molar-refractivity contribution is 5.42. The van der Waals surface area contributed by atoms with E-state index < -0.39 is 0 Å². The molecule has 1 atom stereocenters. The molecule has 0 bridgehead atoms. The molecule has 1 saturated heterocycles. The summed E-state index contributed by atoms with van der Waals surface area (Å²) in [5.74, 6) is 0.959. The third-order valence-electron chi connectivity index (χ3n) is 3.92. The number of piperidine rings is 1. The van der Waals surface area contributed by atoms with Gasteiger partial charge in [-0.15, -0.1) is 0 Å². The number of pyridine rings is 1. The minimum atomic E-state index is -0.310. The average molecular weight is 301 g/mol. The first kappa shape index (κ1) is 14.7. The van der Waals surface area contributed by atoms with Crippen LogP contribution in [0, 0.1) is 5.82 Å². The summed E-state index contributed by atoms with van der Waals surface area (Å²) in [6.45, 7) is 3.83. The fourth-order valence-electron chi connectivity index (χ4n) is 2.74. The van der Waals surface area contributed by atoms with E-state index >= 15 is 0 Å². The van der Waals surface area contributed by atoms with Crippen LogP contribution in [0.5, 0.6) is 0 Å². The summed E-state index contributed by atoms with van der Waals surface area (Å²) in [5, 5.41) is 3.21. The molecule has 0 radical (unpaired) electrons. The zero-order valence-electron chi connectivity index (χ0n) is 12.7. The van der Waals surface area contributed by atoms with Gasteiger partial charge in [0.2, 0.25) is 0 Å². The summed E-state index contributed by atoms with van der Waals surface area (Å²) in [4.78, 5) is 14.9. The van der Waals surface area contributed by atoms with Crippen molar-refractivity contribution in [2.45, 2.75) is 32.2 Å². The van der Waals surface area contributed by atoms with Crippen LogP contribution in [0.2, 0.25) is 0 Å². The topological polar surface area (TPSA) is 53.9 Å². The number of hydrogen-bond donors (Lipinski definition) is 1. The third-order valence-corrected chi connectivity index (χ3v) is 3.92. The zero-order chi connectivity index (χ0) is 15.4. The lowest BCUT2D eigenvalue weighted by atomic mass is 10.1. The Bertz CT molecular complexity index is 633. The first-order valence-electron chi connectivity index (χ1n) is 7.69. The Hall–Kier alpha value is -2.24. The van der Waals surface area contributed by atoms with Gasteiger partial charge in [0.05, 0.1) is 0 Å². The molecule has 0 spiro atoms. The summed E-state index contributed by atoms with van der Waals surface area (Å²) in [6.07, 6.45) is 6.15. The maximum atomic E-state index is 13.7. The van der Waals surface area contributed by atoms with Crippen molar-refractivity contribution in [1.29, 1.82) is 0 Å². The van der Waals surface area contributed by atoms with Crippen molar-refractivity contribution >= 4 is 11.6 Å². The van der Waals surface area contributed by atoms with Gasteiger partial charge in [-0.05, 0) is 31.4 Å². The number of nitrogens with one attached hydrogen (secondary N) is 1. The quantitative estimate of drug-likeness (QED) is 0.941. The number of rotatable bonds is 4. The standard InChI is InChI=1S/C16H20FN5/c1-2-12-9-15(20-11-19-12)22-8-4-5-13(10-22)21-16-14(17)6-3-7-18-16/h3,6-7,9,11,13H,2,4-5,8,10H2,1H3,(H,18,21). The fraction of sp³-hybridized carbons (Fsp3) is 0.438. The van der Waals surface area contributed by atoms with Crippen LogP contribution in [-0.2, 0) is 6.42 Å². The van der Waals surface area contributed by atoms with E-state index in [9.17, 15) is 4.39 Å². The van der Waals surface area contributed by atoms with Crippen molar-refractivity contribution in [3.05, 3.63) is 42.2 Å². The summed E-state index contributed by atoms with van der Waals surface area (Å²) >= 11 is 0. The molecule has 1 aliphatic heterocycles. The van der Waals surface area contributed by atoms with E-state index in [1.54, 1.807) is 18.6 Å². The monoisotopic (exact) mass is 301 g/mol. The fourth-order valence-corrected chi connectivity index (χ4v) is 2.74. The van der Waals surface area contributed by atoms with Crippen molar-refractivity contribution in [2.75, 3.05) is 23.3 Å². The number of hydrogen-bond acceptors (Lipinski definition) is 5. The van der Waals surface area contributed by atoms with Crippen LogP contribution in [-0.4, -0.2) is 34.1 Å². The van der Waals surface area contributed by atoms with E-state index in [2.05, 4.69) is 32.1 Å².